The summed E-state index contributed by atoms with van der Waals surface area (Å²) < 4.78 is 5.23. The molecule has 0 spiro atoms. The summed E-state index contributed by atoms with van der Waals surface area (Å²) in [5.74, 6) is 0.850. The number of aliphatic imine (C=N–C) groups is 1. The van der Waals surface area contributed by atoms with Crippen LogP contribution in [-0.4, -0.2) is 55.8 Å². The van der Waals surface area contributed by atoms with Crippen LogP contribution in [0.4, 0.5) is 4.79 Å². The SMILES string of the molecule is CN=C(NC)N1CCC(NC(=O)OC(C)(C)C)C1. The Kier molecular flexibility index (Phi) is 4.81. The second-order valence-corrected chi connectivity index (χ2v) is 5.38. The van der Waals surface area contributed by atoms with E-state index in [0.29, 0.717) is 0 Å². The summed E-state index contributed by atoms with van der Waals surface area (Å²) in [5.41, 5.74) is -0.455. The molecule has 0 aromatic carbocycles. The van der Waals surface area contributed by atoms with Gasteiger partial charge in [-0.3, -0.25) is 4.99 Å². The Morgan fingerprint density at radius 3 is 2.61 bits per heavy atom. The summed E-state index contributed by atoms with van der Waals surface area (Å²) in [6.07, 6.45) is 0.550. The van der Waals surface area contributed by atoms with Gasteiger partial charge in [-0.05, 0) is 27.2 Å². The summed E-state index contributed by atoms with van der Waals surface area (Å²) in [7, 11) is 3.59. The number of likely N-dealkylation sites (tertiary alicyclic amines) is 1. The maximum Gasteiger partial charge on any atom is 0.407 e. The molecule has 18 heavy (non-hydrogen) atoms. The molecule has 6 nitrogen and oxygen atoms in total. The van der Waals surface area contributed by atoms with Crippen LogP contribution in [-0.2, 0) is 4.74 Å². The van der Waals surface area contributed by atoms with E-state index in [9.17, 15) is 4.79 Å². The molecule has 1 fully saturated rings. The van der Waals surface area contributed by atoms with Crippen molar-refractivity contribution < 1.29 is 9.53 Å². The Labute approximate surface area is 109 Å². The first-order valence-electron chi connectivity index (χ1n) is 6.24. The zero-order valence-corrected chi connectivity index (χ0v) is 11.9. The lowest BCUT2D eigenvalue weighted by molar-refractivity contribution is 0.0507. The van der Waals surface area contributed by atoms with Gasteiger partial charge in [0.25, 0.3) is 0 Å². The van der Waals surface area contributed by atoms with Gasteiger partial charge < -0.3 is 20.3 Å². The van der Waals surface area contributed by atoms with Crippen molar-refractivity contribution in [3.8, 4) is 0 Å². The molecule has 104 valence electrons. The Balaban J connectivity index is 2.41. The number of amides is 1. The minimum Gasteiger partial charge on any atom is -0.444 e. The molecule has 6 heteroatoms. The smallest absolute Gasteiger partial charge is 0.407 e. The molecular weight excluding hydrogens is 232 g/mol. The van der Waals surface area contributed by atoms with Crippen molar-refractivity contribution in [2.75, 3.05) is 27.2 Å². The zero-order chi connectivity index (χ0) is 13.8. The Morgan fingerprint density at radius 1 is 1.44 bits per heavy atom. The normalized spacial score (nSPS) is 20.8. The molecule has 0 aromatic heterocycles. The largest absolute Gasteiger partial charge is 0.444 e. The summed E-state index contributed by atoms with van der Waals surface area (Å²) in [5, 5.41) is 5.92. The fourth-order valence-electron chi connectivity index (χ4n) is 1.96. The third-order valence-electron chi connectivity index (χ3n) is 2.64. The summed E-state index contributed by atoms with van der Waals surface area (Å²) in [6.45, 7) is 7.21. The van der Waals surface area contributed by atoms with Gasteiger partial charge in [0.05, 0.1) is 6.04 Å². The van der Waals surface area contributed by atoms with E-state index in [-0.39, 0.29) is 12.1 Å². The van der Waals surface area contributed by atoms with Gasteiger partial charge in [0.1, 0.15) is 5.60 Å². The van der Waals surface area contributed by atoms with Crippen molar-refractivity contribution in [2.45, 2.75) is 38.8 Å². The Morgan fingerprint density at radius 2 is 2.11 bits per heavy atom. The topological polar surface area (TPSA) is 66.0 Å². The van der Waals surface area contributed by atoms with Gasteiger partial charge in [0.15, 0.2) is 5.96 Å². The predicted molar refractivity (Wildman–Crippen MR) is 71.8 cm³/mol. The molecule has 1 saturated heterocycles. The van der Waals surface area contributed by atoms with E-state index >= 15 is 0 Å². The quantitative estimate of drug-likeness (QED) is 0.538. The highest BCUT2D eigenvalue weighted by Gasteiger charge is 2.27. The van der Waals surface area contributed by atoms with Crippen LogP contribution >= 0.6 is 0 Å². The van der Waals surface area contributed by atoms with Gasteiger partial charge in [-0.25, -0.2) is 4.79 Å². The molecule has 0 aliphatic carbocycles. The lowest BCUT2D eigenvalue weighted by Crippen LogP contribution is -2.43. The average molecular weight is 256 g/mol. The van der Waals surface area contributed by atoms with Crippen LogP contribution in [0.25, 0.3) is 0 Å². The van der Waals surface area contributed by atoms with Crippen molar-refractivity contribution in [2.24, 2.45) is 4.99 Å². The first kappa shape index (κ1) is 14.6. The van der Waals surface area contributed by atoms with E-state index in [1.165, 1.54) is 0 Å². The minimum absolute atomic E-state index is 0.116. The van der Waals surface area contributed by atoms with Crippen LogP contribution in [0, 0.1) is 0 Å². The fourth-order valence-corrected chi connectivity index (χ4v) is 1.96. The molecule has 0 radical (unpaired) electrons. The summed E-state index contributed by atoms with van der Waals surface area (Å²) in [6, 6.07) is 0.116. The average Bonchev–Trinajstić information content (AvgIpc) is 2.65. The molecule has 1 unspecified atom stereocenters. The number of rotatable bonds is 1. The third-order valence-corrected chi connectivity index (χ3v) is 2.64. The molecule has 1 atom stereocenters. The van der Waals surface area contributed by atoms with Crippen LogP contribution < -0.4 is 10.6 Å². The minimum atomic E-state index is -0.455. The number of carbonyl (C=O) groups is 1. The lowest BCUT2D eigenvalue weighted by atomic mass is 10.2. The van der Waals surface area contributed by atoms with Crippen molar-refractivity contribution in [3.05, 3.63) is 0 Å². The van der Waals surface area contributed by atoms with Crippen LogP contribution in [0.1, 0.15) is 27.2 Å². The van der Waals surface area contributed by atoms with E-state index < -0.39 is 5.60 Å². The second kappa shape index (κ2) is 5.93. The van der Waals surface area contributed by atoms with Crippen LogP contribution in [0.3, 0.4) is 0 Å². The van der Waals surface area contributed by atoms with E-state index in [1.54, 1.807) is 7.05 Å². The molecule has 0 bridgehead atoms. The predicted octanol–water partition coefficient (Wildman–Crippen LogP) is 0.791. The Bertz CT molecular complexity index is 323. The lowest BCUT2D eigenvalue weighted by Gasteiger charge is -2.22. The molecule has 1 aliphatic rings. The molecule has 1 heterocycles. The Hall–Kier alpha value is -1.46. The maximum absolute atomic E-state index is 11.6. The molecule has 0 saturated carbocycles. The number of alkyl carbamates (subject to hydrolysis) is 1. The van der Waals surface area contributed by atoms with Crippen LogP contribution in [0.5, 0.6) is 0 Å². The highest BCUT2D eigenvalue weighted by molar-refractivity contribution is 5.80. The van der Waals surface area contributed by atoms with E-state index in [1.807, 2.05) is 27.8 Å². The van der Waals surface area contributed by atoms with Gasteiger partial charge in [0.2, 0.25) is 0 Å². The third kappa shape index (κ3) is 4.43. The van der Waals surface area contributed by atoms with Crippen LogP contribution in [0.2, 0.25) is 0 Å². The van der Waals surface area contributed by atoms with E-state index in [4.69, 9.17) is 4.74 Å². The van der Waals surface area contributed by atoms with Gasteiger partial charge >= 0.3 is 6.09 Å². The first-order valence-corrected chi connectivity index (χ1v) is 6.24. The molecule has 1 rings (SSSR count). The van der Waals surface area contributed by atoms with Crippen molar-refractivity contribution >= 4 is 12.1 Å². The highest BCUT2D eigenvalue weighted by atomic mass is 16.6. The molecule has 0 aromatic rings. The monoisotopic (exact) mass is 256 g/mol. The van der Waals surface area contributed by atoms with Gasteiger partial charge in [-0.2, -0.15) is 0 Å². The first-order chi connectivity index (χ1) is 8.35. The second-order valence-electron chi connectivity index (χ2n) is 5.38. The van der Waals surface area contributed by atoms with Gasteiger partial charge in [-0.15, -0.1) is 0 Å². The van der Waals surface area contributed by atoms with Crippen molar-refractivity contribution in [3.63, 3.8) is 0 Å². The molecule has 1 amide bonds. The highest BCUT2D eigenvalue weighted by Crippen LogP contribution is 2.11. The van der Waals surface area contributed by atoms with E-state index in [0.717, 1.165) is 25.5 Å². The summed E-state index contributed by atoms with van der Waals surface area (Å²) in [4.78, 5) is 17.9. The molecular formula is C12H24N4O2. The van der Waals surface area contributed by atoms with Crippen molar-refractivity contribution in [1.29, 1.82) is 0 Å². The number of hydrogen-bond acceptors (Lipinski definition) is 3. The molecule has 2 N–H and O–H groups in total. The summed E-state index contributed by atoms with van der Waals surface area (Å²) >= 11 is 0. The van der Waals surface area contributed by atoms with Crippen LogP contribution in [0.15, 0.2) is 4.99 Å². The number of nitrogens with zero attached hydrogens (tertiary/aromatic N) is 2. The standard InChI is InChI=1S/C12H24N4O2/c1-12(2,3)18-11(17)15-9-6-7-16(8-9)10(13-4)14-5/h9H,6-8H2,1-5H3,(H,13,14)(H,15,17). The zero-order valence-electron chi connectivity index (χ0n) is 11.9. The van der Waals surface area contributed by atoms with Gasteiger partial charge in [0, 0.05) is 27.2 Å². The molecule has 1 aliphatic heterocycles. The van der Waals surface area contributed by atoms with Gasteiger partial charge in [-0.1, -0.05) is 0 Å². The number of guanidine groups is 1. The maximum atomic E-state index is 11.6. The number of carbonyl (C=O) groups excluding carboxylic acids is 1. The number of nitrogens with one attached hydrogen (secondary N) is 2. The number of hydrogen-bond donors (Lipinski definition) is 2. The fraction of sp³-hybridized carbons (Fsp3) is 0.833. The number of ether oxygens (including phenoxy) is 1. The van der Waals surface area contributed by atoms with E-state index in [2.05, 4.69) is 20.5 Å². The van der Waals surface area contributed by atoms with Crippen molar-refractivity contribution in [1.82, 2.24) is 15.5 Å².